The van der Waals surface area contributed by atoms with E-state index in [0.29, 0.717) is 279 Å². The Kier molecular flexibility index (Phi) is 54.6. The molecule has 32 nitrogen and oxygen atoms in total. The molecule has 0 bridgehead atoms. The summed E-state index contributed by atoms with van der Waals surface area (Å²) in [5.74, 6) is -0.842. The number of hydrogen-bond donors (Lipinski definition) is 3. The van der Waals surface area contributed by atoms with E-state index >= 15 is 0 Å². The van der Waals surface area contributed by atoms with Gasteiger partial charge in [-0.1, -0.05) is 35.2 Å². The van der Waals surface area contributed by atoms with Crippen LogP contribution in [0.5, 0.6) is 0 Å². The molecular formula is C77H124ClN2O30S2+. The zero-order chi connectivity index (χ0) is 80.3. The van der Waals surface area contributed by atoms with Crippen molar-refractivity contribution >= 4 is 56.8 Å². The van der Waals surface area contributed by atoms with Crippen molar-refractivity contribution in [1.29, 1.82) is 0 Å². The van der Waals surface area contributed by atoms with Gasteiger partial charge in [-0.25, -0.2) is 24.8 Å². The molecule has 640 valence electrons. The van der Waals surface area contributed by atoms with E-state index in [9.17, 15) is 22.9 Å². The number of fused-ring (bicyclic) bond motifs is 2. The van der Waals surface area contributed by atoms with E-state index in [0.717, 1.165) is 58.0 Å². The Hall–Kier alpha value is -4.11. The Labute approximate surface area is 670 Å². The first-order valence-corrected chi connectivity index (χ1v) is 41.0. The standard InChI is InChI=1S/C77H123ClN2O30S2/c1-76(2)68-63-67(112(84,85)86)16-18-70(68)80(23-25-106-108-61-59-104-57-55-102-53-51-100-49-47-98-45-43-96-41-39-94-37-35-92-33-31-90-29-27-88-5)72(76)19-13-64-10-9-11-65(75(64)78)14-20-73-77(3,69-62-66(111-110-109-83)15-17-71(69)79(73)22-8-6-7-12-74(81)82)21-24-105-107-60-58-103-56-54-101-52-50-99-48-46-97-44-42-95-40-38-93-36-34-91-32-30-89-28-26-87-4/h13-20,62-63H,6-12,21-61H2,1-5H3,(H2-,81,82,83,84,85,86)/p+1. The number of aliphatic carboxylic acids is 1. The lowest BCUT2D eigenvalue weighted by molar-refractivity contribution is -0.457. The van der Waals surface area contributed by atoms with Crippen molar-refractivity contribution < 1.29 is 147 Å². The number of methoxy groups -OCH3 is 2. The number of carboxylic acid groups (broad SMARTS) is 1. The zero-order valence-corrected chi connectivity index (χ0v) is 68.6. The summed E-state index contributed by atoms with van der Waals surface area (Å²) in [6.45, 7) is 23.0. The van der Waals surface area contributed by atoms with Crippen LogP contribution in [0.3, 0.4) is 0 Å². The number of carbonyl (C=O) groups is 1. The van der Waals surface area contributed by atoms with E-state index in [1.807, 2.05) is 44.2 Å². The van der Waals surface area contributed by atoms with Gasteiger partial charge >= 0.3 is 5.97 Å². The summed E-state index contributed by atoms with van der Waals surface area (Å²) in [5.41, 5.74) is 5.53. The van der Waals surface area contributed by atoms with E-state index < -0.39 is 26.9 Å². The van der Waals surface area contributed by atoms with Gasteiger partial charge in [0, 0.05) is 71.6 Å². The first-order valence-electron chi connectivity index (χ1n) is 38.4. The summed E-state index contributed by atoms with van der Waals surface area (Å²) in [4.78, 5) is 36.8. The highest BCUT2D eigenvalue weighted by molar-refractivity contribution is 7.94. The molecule has 0 spiro atoms. The van der Waals surface area contributed by atoms with Crippen molar-refractivity contribution in [1.82, 2.24) is 0 Å². The fraction of sp³-hybridized carbons (Fsp3) is 0.714. The van der Waals surface area contributed by atoms with Crippen LogP contribution in [0.4, 0.5) is 11.4 Å². The number of rotatable bonds is 75. The van der Waals surface area contributed by atoms with E-state index in [1.165, 1.54) is 12.1 Å². The Balaban J connectivity index is 1.07. The highest BCUT2D eigenvalue weighted by Gasteiger charge is 2.46. The second kappa shape index (κ2) is 62.1. The Bertz CT molecular complexity index is 3110. The van der Waals surface area contributed by atoms with Crippen molar-refractivity contribution in [2.45, 2.75) is 92.8 Å². The van der Waals surface area contributed by atoms with Crippen molar-refractivity contribution in [2.24, 2.45) is 0 Å². The third-order valence-corrected chi connectivity index (χ3v) is 19.5. The van der Waals surface area contributed by atoms with Crippen LogP contribution in [0.25, 0.3) is 0 Å². The number of carboxylic acids is 1. The Morgan fingerprint density at radius 2 is 0.946 bits per heavy atom. The quantitative estimate of drug-likeness (QED) is 0.0139. The van der Waals surface area contributed by atoms with Gasteiger partial charge in [0.05, 0.1) is 254 Å². The highest BCUT2D eigenvalue weighted by atomic mass is 35.5. The molecule has 2 heterocycles. The van der Waals surface area contributed by atoms with Crippen LogP contribution in [0.1, 0.15) is 83.3 Å². The first kappa shape index (κ1) is 98.5. The Morgan fingerprint density at radius 1 is 0.518 bits per heavy atom. The molecule has 1 aliphatic carbocycles. The molecule has 2 aromatic carbocycles. The molecule has 2 aliphatic heterocycles. The van der Waals surface area contributed by atoms with Crippen LogP contribution >= 0.6 is 23.6 Å². The number of allylic oxidation sites excluding steroid dienone is 8. The largest absolute Gasteiger partial charge is 0.481 e. The lowest BCUT2D eigenvalue weighted by atomic mass is 9.78. The maximum absolute atomic E-state index is 12.5. The van der Waals surface area contributed by atoms with Gasteiger partial charge in [0.2, 0.25) is 5.69 Å². The van der Waals surface area contributed by atoms with Crippen LogP contribution in [0, 0.1) is 0 Å². The van der Waals surface area contributed by atoms with Gasteiger partial charge in [-0.2, -0.15) is 13.0 Å². The van der Waals surface area contributed by atoms with Gasteiger partial charge < -0.3 is 95.3 Å². The van der Waals surface area contributed by atoms with Gasteiger partial charge in [0.25, 0.3) is 10.1 Å². The third-order valence-electron chi connectivity index (χ3n) is 17.6. The summed E-state index contributed by atoms with van der Waals surface area (Å²) in [7, 11) is -1.25. The zero-order valence-electron chi connectivity index (χ0n) is 66.2. The average molecular weight is 1660 g/mol. The molecule has 1 unspecified atom stereocenters. The summed E-state index contributed by atoms with van der Waals surface area (Å²) in [6.07, 6.45) is 12.8. The molecule has 0 radical (unpaired) electrons. The molecule has 35 heteroatoms. The van der Waals surface area contributed by atoms with Crippen LogP contribution in [0.2, 0.25) is 0 Å². The number of anilines is 1. The molecule has 3 N–H and O–H groups in total. The van der Waals surface area contributed by atoms with Gasteiger partial charge in [-0.05, 0) is 112 Å². The second-order valence-electron chi connectivity index (χ2n) is 26.0. The van der Waals surface area contributed by atoms with Gasteiger partial charge in [0.1, 0.15) is 19.8 Å². The van der Waals surface area contributed by atoms with Crippen molar-refractivity contribution in [3.63, 3.8) is 0 Å². The topological polar surface area (TPSA) is 340 Å². The van der Waals surface area contributed by atoms with Crippen molar-refractivity contribution in [2.75, 3.05) is 283 Å². The smallest absolute Gasteiger partial charge is 0.303 e. The predicted molar refractivity (Wildman–Crippen MR) is 414 cm³/mol. The molecule has 3 aliphatic rings. The molecule has 5 rings (SSSR count). The molecule has 112 heavy (non-hydrogen) atoms. The lowest BCUT2D eigenvalue weighted by Gasteiger charge is -2.30. The molecule has 0 fully saturated rings. The molecule has 0 saturated carbocycles. The number of nitrogens with zero attached hydrogens (tertiary/aromatic N) is 2. The normalized spacial score (nSPS) is 16.4. The molecule has 1 atom stereocenters. The molecule has 2 aromatic rings. The van der Waals surface area contributed by atoms with Crippen LogP contribution in [-0.4, -0.2) is 318 Å². The van der Waals surface area contributed by atoms with Crippen molar-refractivity contribution in [3.8, 4) is 0 Å². The fourth-order valence-corrected chi connectivity index (χ4v) is 13.1. The van der Waals surface area contributed by atoms with E-state index in [1.54, 1.807) is 20.3 Å². The number of unbranched alkanes of at least 4 members (excludes halogenated alkanes) is 2. The maximum atomic E-state index is 12.5. The molecule has 0 saturated heterocycles. The number of ether oxygens (including phenoxy) is 18. The second-order valence-corrected chi connectivity index (χ2v) is 28.6. The highest BCUT2D eigenvalue weighted by Crippen LogP contribution is 2.52. The number of hydrogen-bond acceptors (Lipinski definition) is 30. The summed E-state index contributed by atoms with van der Waals surface area (Å²) in [5, 5.41) is 23.1. The first-order chi connectivity index (χ1) is 54.7. The monoisotopic (exact) mass is 1660 g/mol. The Morgan fingerprint density at radius 3 is 1.38 bits per heavy atom. The van der Waals surface area contributed by atoms with Crippen LogP contribution in [-0.2, 0) is 140 Å². The number of benzene rings is 2. The number of halogens is 1. The third kappa shape index (κ3) is 40.8. The van der Waals surface area contributed by atoms with Gasteiger partial charge in [0.15, 0.2) is 12.3 Å². The SMILES string of the molecule is COCCOCCOCCOCCOCCOCCOCCOCCOCCOOCC[N+]1=C(C=CC2=C(Cl)C(=CC=C3N(CCCCCC(=O)O)c4ccc(SOOO)cc4C3(C)CCOOCCOCCOCCOCCOCCOCCOCCOCCOCCOC)CCC2)C(C)(C)c2cc(S(=O)(=O)O)ccc21. The summed E-state index contributed by atoms with van der Waals surface area (Å²) < 4.78 is 140. The summed E-state index contributed by atoms with van der Waals surface area (Å²) >= 11 is 8.31. The average Bonchev–Trinajstić information content (AvgIpc) is 1.59. The van der Waals surface area contributed by atoms with E-state index in [4.69, 9.17) is 126 Å². The van der Waals surface area contributed by atoms with Crippen LogP contribution < -0.4 is 4.90 Å². The minimum absolute atomic E-state index is 0.0702. The molecule has 0 aromatic heterocycles. The molecule has 0 amide bonds. The van der Waals surface area contributed by atoms with Crippen LogP contribution in [0.15, 0.2) is 92.4 Å². The van der Waals surface area contributed by atoms with Gasteiger partial charge in [-0.15, -0.1) is 4.33 Å². The maximum Gasteiger partial charge on any atom is 0.303 e. The summed E-state index contributed by atoms with van der Waals surface area (Å²) in [6, 6.07) is 10.4. The van der Waals surface area contributed by atoms with Gasteiger partial charge in [-0.3, -0.25) is 9.35 Å². The van der Waals surface area contributed by atoms with Crippen molar-refractivity contribution in [3.05, 3.63) is 93.7 Å². The minimum atomic E-state index is -4.52. The predicted octanol–water partition coefficient (Wildman–Crippen LogP) is 9.05. The fourth-order valence-electron chi connectivity index (χ4n) is 11.9. The minimum Gasteiger partial charge on any atom is -0.481 e. The lowest BCUT2D eigenvalue weighted by Crippen LogP contribution is -2.30. The van der Waals surface area contributed by atoms with E-state index in [2.05, 4.69) is 33.6 Å². The van der Waals surface area contributed by atoms with E-state index in [-0.39, 0.29) is 51.0 Å². The molecular weight excluding hydrogens is 1530 g/mol.